The third-order valence-electron chi connectivity index (χ3n) is 1.43. The highest BCUT2D eigenvalue weighted by atomic mass is 79.9. The quantitative estimate of drug-likeness (QED) is 0.473. The predicted molar refractivity (Wildman–Crippen MR) is 55.3 cm³/mol. The van der Waals surface area contributed by atoms with Gasteiger partial charge in [0.2, 0.25) is 0 Å². The summed E-state index contributed by atoms with van der Waals surface area (Å²) in [6, 6.07) is 5.84. The normalized spacial score (nSPS) is 8.64. The summed E-state index contributed by atoms with van der Waals surface area (Å²) in [6.07, 6.45) is 0. The average molecular weight is 256 g/mol. The third kappa shape index (κ3) is 3.07. The van der Waals surface area contributed by atoms with E-state index in [9.17, 15) is 10.1 Å². The van der Waals surface area contributed by atoms with Gasteiger partial charge in [-0.2, -0.15) is 0 Å². The van der Waals surface area contributed by atoms with E-state index in [-0.39, 0.29) is 12.3 Å². The molecule has 0 aromatic heterocycles. The van der Waals surface area contributed by atoms with E-state index in [0.29, 0.717) is 5.75 Å². The summed E-state index contributed by atoms with van der Waals surface area (Å²) in [6.45, 7) is 0.253. The van der Waals surface area contributed by atoms with Crippen molar-refractivity contribution in [3.63, 3.8) is 0 Å². The van der Waals surface area contributed by atoms with Gasteiger partial charge in [0.1, 0.15) is 12.4 Å². The zero-order valence-corrected chi connectivity index (χ0v) is 8.65. The van der Waals surface area contributed by atoms with Crippen LogP contribution in [-0.4, -0.2) is 11.5 Å². The zero-order valence-electron chi connectivity index (χ0n) is 7.07. The van der Waals surface area contributed by atoms with Gasteiger partial charge in [0, 0.05) is 28.1 Å². The van der Waals surface area contributed by atoms with Crippen LogP contribution in [0.15, 0.2) is 24.3 Å². The molecule has 0 N–H and O–H groups in total. The van der Waals surface area contributed by atoms with Crippen molar-refractivity contribution in [3.8, 4) is 16.5 Å². The fourth-order valence-electron chi connectivity index (χ4n) is 0.811. The van der Waals surface area contributed by atoms with Crippen molar-refractivity contribution in [2.75, 3.05) is 6.61 Å². The van der Waals surface area contributed by atoms with Crippen molar-refractivity contribution in [1.29, 1.82) is 0 Å². The highest BCUT2D eigenvalue weighted by Crippen LogP contribution is 2.16. The smallest absolute Gasteiger partial charge is 0.269 e. The minimum Gasteiger partial charge on any atom is -0.481 e. The van der Waals surface area contributed by atoms with E-state index >= 15 is 0 Å². The first-order valence-corrected chi connectivity index (χ1v) is 4.49. The number of hydrogen-bond acceptors (Lipinski definition) is 3. The van der Waals surface area contributed by atoms with Crippen LogP contribution in [0.3, 0.4) is 0 Å². The number of halogens is 1. The van der Waals surface area contributed by atoms with Gasteiger partial charge >= 0.3 is 0 Å². The highest BCUT2D eigenvalue weighted by molar-refractivity contribution is 9.12. The van der Waals surface area contributed by atoms with E-state index < -0.39 is 4.92 Å². The summed E-state index contributed by atoms with van der Waals surface area (Å²) >= 11 is 2.92. The first kappa shape index (κ1) is 10.5. The number of hydrogen-bond donors (Lipinski definition) is 0. The van der Waals surface area contributed by atoms with Crippen molar-refractivity contribution >= 4 is 21.6 Å². The third-order valence-corrected chi connectivity index (χ3v) is 1.71. The highest BCUT2D eigenvalue weighted by Gasteiger charge is 2.03. The van der Waals surface area contributed by atoms with Gasteiger partial charge in [-0.15, -0.1) is 0 Å². The Balaban J connectivity index is 2.62. The number of non-ortho nitro benzene ring substituents is 1. The van der Waals surface area contributed by atoms with E-state index in [2.05, 4.69) is 26.7 Å². The molecule has 0 aliphatic rings. The van der Waals surface area contributed by atoms with Crippen LogP contribution in [-0.2, 0) is 0 Å². The molecule has 0 amide bonds. The molecule has 5 heteroatoms. The summed E-state index contributed by atoms with van der Waals surface area (Å²) in [5.74, 6) is 3.21. The summed E-state index contributed by atoms with van der Waals surface area (Å²) < 4.78 is 5.15. The second-order valence-electron chi connectivity index (χ2n) is 2.31. The van der Waals surface area contributed by atoms with E-state index in [4.69, 9.17) is 4.74 Å². The van der Waals surface area contributed by atoms with Crippen LogP contribution in [0.1, 0.15) is 0 Å². The number of rotatable bonds is 3. The van der Waals surface area contributed by atoms with Crippen LogP contribution in [0.25, 0.3) is 0 Å². The molecule has 4 nitrogen and oxygen atoms in total. The van der Waals surface area contributed by atoms with E-state index in [1.54, 1.807) is 0 Å². The number of ether oxygens (including phenoxy) is 1. The molecule has 0 saturated heterocycles. The summed E-state index contributed by atoms with van der Waals surface area (Å²) in [7, 11) is 0. The minimum atomic E-state index is -0.456. The Hall–Kier alpha value is -1.54. The first-order chi connectivity index (χ1) is 6.74. The van der Waals surface area contributed by atoms with Gasteiger partial charge in [-0.25, -0.2) is 0 Å². The lowest BCUT2D eigenvalue weighted by molar-refractivity contribution is -0.384. The van der Waals surface area contributed by atoms with E-state index in [1.807, 2.05) is 0 Å². The lowest BCUT2D eigenvalue weighted by atomic mass is 10.3. The van der Waals surface area contributed by atoms with Crippen molar-refractivity contribution in [3.05, 3.63) is 34.4 Å². The van der Waals surface area contributed by atoms with Gasteiger partial charge in [-0.3, -0.25) is 10.1 Å². The zero-order chi connectivity index (χ0) is 10.4. The maximum atomic E-state index is 10.3. The van der Waals surface area contributed by atoms with E-state index in [1.165, 1.54) is 24.3 Å². The molecule has 14 heavy (non-hydrogen) atoms. The summed E-state index contributed by atoms with van der Waals surface area (Å²) in [5, 5.41) is 10.3. The van der Waals surface area contributed by atoms with Gasteiger partial charge in [0.25, 0.3) is 5.69 Å². The molecule has 0 radical (unpaired) electrons. The molecule has 72 valence electrons. The van der Waals surface area contributed by atoms with Crippen molar-refractivity contribution < 1.29 is 9.66 Å². The Bertz CT molecular complexity index is 377. The SMILES string of the molecule is O=[N+]([O-])c1ccc(OCC#CBr)cc1. The molecule has 0 fully saturated rings. The lowest BCUT2D eigenvalue weighted by Crippen LogP contribution is -1.94. The van der Waals surface area contributed by atoms with Gasteiger partial charge in [0.05, 0.1) is 4.92 Å². The molecule has 0 unspecified atom stereocenters. The topological polar surface area (TPSA) is 52.4 Å². The molecule has 0 heterocycles. The van der Waals surface area contributed by atoms with Crippen LogP contribution >= 0.6 is 15.9 Å². The minimum absolute atomic E-state index is 0.0453. The molecule has 0 atom stereocenters. The monoisotopic (exact) mass is 255 g/mol. The largest absolute Gasteiger partial charge is 0.481 e. The fraction of sp³-hybridized carbons (Fsp3) is 0.111. The molecular weight excluding hydrogens is 250 g/mol. The number of nitro groups is 1. The molecule has 1 aromatic carbocycles. The Morgan fingerprint density at radius 1 is 1.43 bits per heavy atom. The van der Waals surface area contributed by atoms with Gasteiger partial charge in [-0.05, 0) is 22.9 Å². The maximum absolute atomic E-state index is 10.3. The molecule has 0 aliphatic carbocycles. The molecule has 1 aromatic rings. The second kappa shape index (κ2) is 5.25. The van der Waals surface area contributed by atoms with Crippen LogP contribution in [0.5, 0.6) is 5.75 Å². The Morgan fingerprint density at radius 2 is 2.07 bits per heavy atom. The second-order valence-corrected chi connectivity index (χ2v) is 2.71. The molecule has 0 aliphatic heterocycles. The Morgan fingerprint density at radius 3 is 2.57 bits per heavy atom. The van der Waals surface area contributed by atoms with Crippen LogP contribution in [0.4, 0.5) is 5.69 Å². The van der Waals surface area contributed by atoms with Crippen molar-refractivity contribution in [1.82, 2.24) is 0 Å². The summed E-state index contributed by atoms with van der Waals surface area (Å²) in [5.41, 5.74) is 0.0453. The Kier molecular flexibility index (Phi) is 3.95. The van der Waals surface area contributed by atoms with Crippen LogP contribution < -0.4 is 4.74 Å². The standard InChI is InChI=1S/C9H6BrNO3/c10-6-1-7-14-9-4-2-8(3-5-9)11(12)13/h2-5H,7H2. The van der Waals surface area contributed by atoms with Gasteiger partial charge in [-0.1, -0.05) is 0 Å². The Labute approximate surface area is 89.2 Å². The van der Waals surface area contributed by atoms with Crippen molar-refractivity contribution in [2.45, 2.75) is 0 Å². The van der Waals surface area contributed by atoms with E-state index in [0.717, 1.165) is 0 Å². The number of nitro benzene ring substituents is 1. The number of nitrogens with zero attached hydrogens (tertiary/aromatic N) is 1. The molecule has 1 rings (SSSR count). The number of benzene rings is 1. The maximum Gasteiger partial charge on any atom is 0.269 e. The van der Waals surface area contributed by atoms with Gasteiger partial charge < -0.3 is 4.74 Å². The van der Waals surface area contributed by atoms with Crippen LogP contribution in [0, 0.1) is 20.9 Å². The lowest BCUT2D eigenvalue weighted by Gasteiger charge is -1.99. The summed E-state index contributed by atoms with van der Waals surface area (Å²) in [4.78, 5) is 12.3. The molecule has 0 spiro atoms. The first-order valence-electron chi connectivity index (χ1n) is 3.70. The van der Waals surface area contributed by atoms with Gasteiger partial charge in [0.15, 0.2) is 0 Å². The van der Waals surface area contributed by atoms with Crippen molar-refractivity contribution in [2.24, 2.45) is 0 Å². The fourth-order valence-corrected chi connectivity index (χ4v) is 0.925. The molecular formula is C9H6BrNO3. The molecule has 0 bridgehead atoms. The predicted octanol–water partition coefficient (Wildman–Crippen LogP) is 2.33. The molecule has 0 saturated carbocycles. The average Bonchev–Trinajstić information content (AvgIpc) is 2.19. The van der Waals surface area contributed by atoms with Crippen LogP contribution in [0.2, 0.25) is 0 Å².